The minimum absolute atomic E-state index is 0.817. The van der Waals surface area contributed by atoms with E-state index in [1.54, 1.807) is 11.1 Å². The molecule has 2 fully saturated rings. The summed E-state index contributed by atoms with van der Waals surface area (Å²) in [6, 6.07) is 10.3. The van der Waals surface area contributed by atoms with Gasteiger partial charge in [0.25, 0.3) is 0 Å². The van der Waals surface area contributed by atoms with Crippen LogP contribution in [0.1, 0.15) is 87.2 Å². The van der Waals surface area contributed by atoms with Crippen molar-refractivity contribution >= 4 is 0 Å². The van der Waals surface area contributed by atoms with E-state index in [0.29, 0.717) is 0 Å². The zero-order valence-corrected chi connectivity index (χ0v) is 11.5. The second kappa shape index (κ2) is 5.91. The summed E-state index contributed by atoms with van der Waals surface area (Å²) >= 11 is 0. The number of rotatable bonds is 2. The Labute approximate surface area is 112 Å². The monoisotopic (exact) mass is 241 g/mol. The summed E-state index contributed by atoms with van der Waals surface area (Å²) in [5.41, 5.74) is 3.24. The lowest BCUT2D eigenvalue weighted by Crippen LogP contribution is -2.12. The lowest BCUT2D eigenvalue weighted by atomic mass is 9.76. The lowest BCUT2D eigenvalue weighted by Gasteiger charge is -2.29. The molecule has 2 saturated carbocycles. The molecule has 2 aliphatic rings. The highest BCUT2D eigenvalue weighted by molar-refractivity contribution is 5.33. The van der Waals surface area contributed by atoms with Crippen LogP contribution in [0.15, 0.2) is 18.2 Å². The number of benzene rings is 1. The Morgan fingerprint density at radius 1 is 0.778 bits per heavy atom. The summed E-state index contributed by atoms with van der Waals surface area (Å²) in [6.07, 6.45) is 14.3. The van der Waals surface area contributed by atoms with Crippen LogP contribution >= 0.6 is 0 Å². The molecule has 18 heavy (non-hydrogen) atoms. The van der Waals surface area contributed by atoms with E-state index in [4.69, 9.17) is 0 Å². The molecule has 3 rings (SSSR count). The molecule has 97 valence electrons. The molecule has 1 aromatic carbocycles. The van der Waals surface area contributed by atoms with Crippen LogP contribution in [0.2, 0.25) is 0 Å². The predicted molar refractivity (Wildman–Crippen MR) is 76.9 cm³/mol. The fourth-order valence-corrected chi connectivity index (χ4v) is 3.98. The third kappa shape index (κ3) is 2.63. The molecule has 2 aliphatic carbocycles. The first-order valence-electron chi connectivity index (χ1n) is 7.95. The molecule has 0 aliphatic heterocycles. The lowest BCUT2D eigenvalue weighted by molar-refractivity contribution is 0.418. The molecule has 0 aromatic heterocycles. The summed E-state index contributed by atoms with van der Waals surface area (Å²) in [7, 11) is 0. The van der Waals surface area contributed by atoms with Gasteiger partial charge in [-0.15, -0.1) is 0 Å². The van der Waals surface area contributed by atoms with Gasteiger partial charge in [0.05, 0.1) is 0 Å². The highest BCUT2D eigenvalue weighted by atomic mass is 14.3. The Kier molecular flexibility index (Phi) is 4.02. The van der Waals surface area contributed by atoms with Gasteiger partial charge in [0.15, 0.2) is 0 Å². The average molecular weight is 241 g/mol. The van der Waals surface area contributed by atoms with Crippen molar-refractivity contribution in [1.82, 2.24) is 0 Å². The van der Waals surface area contributed by atoms with Crippen LogP contribution in [-0.2, 0) is 0 Å². The minimum atomic E-state index is 0.817. The summed E-state index contributed by atoms with van der Waals surface area (Å²) < 4.78 is 0. The zero-order chi connectivity index (χ0) is 12.2. The predicted octanol–water partition coefficient (Wildman–Crippen LogP) is 5.58. The smallest absolute Gasteiger partial charge is 0.0143 e. The van der Waals surface area contributed by atoms with Crippen LogP contribution in [0.3, 0.4) is 0 Å². The standard InChI is InChI=1S/C18H25/c1-3-9-15(10-4-1)17-13-7-8-14-18(17)16-11-5-2-6-12-16/h7-8,13,15-16H,1-6,9-12H2. The van der Waals surface area contributed by atoms with Gasteiger partial charge in [-0.3, -0.25) is 0 Å². The molecule has 0 bridgehead atoms. The van der Waals surface area contributed by atoms with E-state index in [-0.39, 0.29) is 0 Å². The van der Waals surface area contributed by atoms with Gasteiger partial charge in [-0.05, 0) is 54.7 Å². The Balaban J connectivity index is 1.83. The van der Waals surface area contributed by atoms with Crippen molar-refractivity contribution in [2.75, 3.05) is 0 Å². The van der Waals surface area contributed by atoms with Crippen LogP contribution in [0.5, 0.6) is 0 Å². The molecule has 0 spiro atoms. The van der Waals surface area contributed by atoms with E-state index in [0.717, 1.165) is 11.8 Å². The zero-order valence-electron chi connectivity index (χ0n) is 11.5. The molecule has 0 nitrogen and oxygen atoms in total. The van der Waals surface area contributed by atoms with E-state index in [9.17, 15) is 0 Å². The van der Waals surface area contributed by atoms with Crippen molar-refractivity contribution in [2.45, 2.75) is 76.0 Å². The van der Waals surface area contributed by atoms with Gasteiger partial charge in [0, 0.05) is 0 Å². The Morgan fingerprint density at radius 3 is 2.06 bits per heavy atom. The van der Waals surface area contributed by atoms with Gasteiger partial charge >= 0.3 is 0 Å². The van der Waals surface area contributed by atoms with Gasteiger partial charge in [-0.2, -0.15) is 0 Å². The first kappa shape index (κ1) is 12.3. The van der Waals surface area contributed by atoms with Crippen LogP contribution in [0.4, 0.5) is 0 Å². The molecule has 1 aromatic rings. The van der Waals surface area contributed by atoms with Crippen molar-refractivity contribution in [3.8, 4) is 0 Å². The third-order valence-corrected chi connectivity index (χ3v) is 4.98. The van der Waals surface area contributed by atoms with Gasteiger partial charge in [-0.25, -0.2) is 0 Å². The molecule has 0 amide bonds. The SMILES string of the molecule is [c]1cccc(C2CCCCC2)c1C1CCCCC1. The van der Waals surface area contributed by atoms with Crippen LogP contribution in [0, 0.1) is 6.07 Å². The van der Waals surface area contributed by atoms with Crippen molar-refractivity contribution in [2.24, 2.45) is 0 Å². The summed E-state index contributed by atoms with van der Waals surface area (Å²) in [6.45, 7) is 0. The van der Waals surface area contributed by atoms with Crippen molar-refractivity contribution < 1.29 is 0 Å². The van der Waals surface area contributed by atoms with Gasteiger partial charge in [0.2, 0.25) is 0 Å². The van der Waals surface area contributed by atoms with Crippen molar-refractivity contribution in [3.05, 3.63) is 35.4 Å². The largest absolute Gasteiger partial charge is 0.0613 e. The van der Waals surface area contributed by atoms with E-state index in [2.05, 4.69) is 24.3 Å². The molecular weight excluding hydrogens is 216 g/mol. The minimum Gasteiger partial charge on any atom is -0.0613 e. The van der Waals surface area contributed by atoms with Crippen molar-refractivity contribution in [1.29, 1.82) is 0 Å². The maximum Gasteiger partial charge on any atom is -0.0143 e. The molecule has 0 heterocycles. The fraction of sp³-hybridized carbons (Fsp3) is 0.667. The molecular formula is C18H25. The molecule has 0 N–H and O–H groups in total. The number of hydrogen-bond acceptors (Lipinski definition) is 0. The second-order valence-electron chi connectivity index (χ2n) is 6.21. The molecule has 1 radical (unpaired) electrons. The van der Waals surface area contributed by atoms with Crippen LogP contribution in [-0.4, -0.2) is 0 Å². The quantitative estimate of drug-likeness (QED) is 0.634. The molecule has 0 unspecified atom stereocenters. The maximum atomic E-state index is 3.60. The second-order valence-corrected chi connectivity index (χ2v) is 6.21. The highest BCUT2D eigenvalue weighted by Crippen LogP contribution is 2.40. The first-order chi connectivity index (χ1) is 8.95. The van der Waals surface area contributed by atoms with E-state index in [1.807, 2.05) is 0 Å². The van der Waals surface area contributed by atoms with Crippen LogP contribution < -0.4 is 0 Å². The normalized spacial score (nSPS) is 23.1. The van der Waals surface area contributed by atoms with Gasteiger partial charge in [0.1, 0.15) is 0 Å². The Hall–Kier alpha value is -0.780. The topological polar surface area (TPSA) is 0 Å². The fourth-order valence-electron chi connectivity index (χ4n) is 3.98. The van der Waals surface area contributed by atoms with E-state index >= 15 is 0 Å². The third-order valence-electron chi connectivity index (χ3n) is 4.98. The van der Waals surface area contributed by atoms with Crippen molar-refractivity contribution in [3.63, 3.8) is 0 Å². The Morgan fingerprint density at radius 2 is 1.39 bits per heavy atom. The maximum absolute atomic E-state index is 3.60. The highest BCUT2D eigenvalue weighted by Gasteiger charge is 2.23. The molecule has 0 heteroatoms. The van der Waals surface area contributed by atoms with Gasteiger partial charge in [-0.1, -0.05) is 56.7 Å². The van der Waals surface area contributed by atoms with E-state index < -0.39 is 0 Å². The van der Waals surface area contributed by atoms with E-state index in [1.165, 1.54) is 64.2 Å². The number of hydrogen-bond donors (Lipinski definition) is 0. The van der Waals surface area contributed by atoms with Gasteiger partial charge < -0.3 is 0 Å². The summed E-state index contributed by atoms with van der Waals surface area (Å²) in [5, 5.41) is 0. The average Bonchev–Trinajstić information content (AvgIpc) is 2.49. The first-order valence-corrected chi connectivity index (χ1v) is 7.95. The summed E-state index contributed by atoms with van der Waals surface area (Å²) in [4.78, 5) is 0. The molecule has 0 atom stereocenters. The summed E-state index contributed by atoms with van der Waals surface area (Å²) in [5.74, 6) is 1.66. The Bertz CT molecular complexity index is 330. The van der Waals surface area contributed by atoms with Crippen LogP contribution in [0.25, 0.3) is 0 Å². The molecule has 0 saturated heterocycles.